The van der Waals surface area contributed by atoms with Crippen LogP contribution < -0.4 is 5.32 Å². The number of hydrogen-bond acceptors (Lipinski definition) is 7. The van der Waals surface area contributed by atoms with E-state index >= 15 is 0 Å². The van der Waals surface area contributed by atoms with Gasteiger partial charge in [0.25, 0.3) is 0 Å². The van der Waals surface area contributed by atoms with Gasteiger partial charge < -0.3 is 24.5 Å². The molecule has 1 amide bonds. The Morgan fingerprint density at radius 2 is 1.84 bits per heavy atom. The molecule has 3 atom stereocenters. The molecule has 37 heavy (non-hydrogen) atoms. The maximum Gasteiger partial charge on any atom is 0.240 e. The lowest BCUT2D eigenvalue weighted by molar-refractivity contribution is -0.305. The summed E-state index contributed by atoms with van der Waals surface area (Å²) in [6, 6.07) is -0.0142. The van der Waals surface area contributed by atoms with Crippen molar-refractivity contribution in [2.24, 2.45) is 17.8 Å². The molecule has 4 aliphatic rings. The predicted molar refractivity (Wildman–Crippen MR) is 145 cm³/mol. The average Bonchev–Trinajstić information content (AvgIpc) is 3.36. The number of amides is 1. The third-order valence-electron chi connectivity index (χ3n) is 8.58. The number of nitrogens with zero attached hydrogens (tertiary/aromatic N) is 3. The number of carbonyl (C=O) groups is 2. The number of piperazine rings is 1. The number of likely N-dealkylation sites (tertiary alicyclic amines) is 1. The maximum absolute atomic E-state index is 13.6. The van der Waals surface area contributed by atoms with Crippen LogP contribution in [0.2, 0.25) is 0 Å². The van der Waals surface area contributed by atoms with Gasteiger partial charge in [-0.15, -0.1) is 0 Å². The summed E-state index contributed by atoms with van der Waals surface area (Å²) in [5.74, 6) is 0.676. The summed E-state index contributed by atoms with van der Waals surface area (Å²) in [5.41, 5.74) is -0.815. The molecule has 0 aliphatic carbocycles. The van der Waals surface area contributed by atoms with Crippen molar-refractivity contribution in [2.45, 2.75) is 83.7 Å². The number of hydrogen-bond donors (Lipinski definition) is 1. The van der Waals surface area contributed by atoms with Crippen molar-refractivity contribution in [1.29, 1.82) is 0 Å². The zero-order valence-corrected chi connectivity index (χ0v) is 23.8. The third kappa shape index (κ3) is 6.82. The van der Waals surface area contributed by atoms with E-state index in [0.717, 1.165) is 71.5 Å². The Hall–Kier alpha value is -1.32. The zero-order valence-electron chi connectivity index (χ0n) is 23.8. The first-order chi connectivity index (χ1) is 17.7. The second-order valence-corrected chi connectivity index (χ2v) is 12.8. The fourth-order valence-corrected chi connectivity index (χ4v) is 6.78. The van der Waals surface area contributed by atoms with Crippen molar-refractivity contribution in [3.63, 3.8) is 0 Å². The van der Waals surface area contributed by atoms with Crippen LogP contribution in [0, 0.1) is 17.8 Å². The highest BCUT2D eigenvalue weighted by Gasteiger charge is 2.49. The summed E-state index contributed by atoms with van der Waals surface area (Å²) in [4.78, 5) is 33.2. The first-order valence-electron chi connectivity index (χ1n) is 14.6. The summed E-state index contributed by atoms with van der Waals surface area (Å²) in [6.45, 7) is 18.0. The topological polar surface area (TPSA) is 74.3 Å². The van der Waals surface area contributed by atoms with Gasteiger partial charge in [0.05, 0.1) is 19.3 Å². The van der Waals surface area contributed by atoms with Gasteiger partial charge in [-0.05, 0) is 31.6 Å². The van der Waals surface area contributed by atoms with Gasteiger partial charge in [-0.2, -0.15) is 0 Å². The molecule has 0 radical (unpaired) electrons. The lowest BCUT2D eigenvalue weighted by Crippen LogP contribution is -2.68. The normalized spacial score (nSPS) is 33.5. The SMILES string of the molecule is CC(C)C[C@@H]1NCCN([C@](C=O)(CC(C)C)CN2CCC3(C[C@@H]2C)OCC(CN2CC=CC2)CO3)C1=O. The van der Waals surface area contributed by atoms with Gasteiger partial charge in [0.2, 0.25) is 5.91 Å². The van der Waals surface area contributed by atoms with E-state index in [4.69, 9.17) is 9.47 Å². The molecule has 1 spiro atoms. The lowest BCUT2D eigenvalue weighted by atomic mass is 9.84. The van der Waals surface area contributed by atoms with E-state index in [1.54, 1.807) is 0 Å². The molecule has 1 N–H and O–H groups in total. The Bertz CT molecular complexity index is 802. The highest BCUT2D eigenvalue weighted by Crippen LogP contribution is 2.37. The molecule has 0 unspecified atom stereocenters. The first-order valence-corrected chi connectivity index (χ1v) is 14.6. The predicted octanol–water partition coefficient (Wildman–Crippen LogP) is 2.53. The maximum atomic E-state index is 13.6. The Labute approximate surface area is 224 Å². The van der Waals surface area contributed by atoms with Crippen LogP contribution in [0.5, 0.6) is 0 Å². The number of nitrogens with one attached hydrogen (secondary N) is 1. The Balaban J connectivity index is 1.40. The molecule has 4 aliphatic heterocycles. The third-order valence-corrected chi connectivity index (χ3v) is 8.58. The fourth-order valence-electron chi connectivity index (χ4n) is 6.78. The van der Waals surface area contributed by atoms with Crippen molar-refractivity contribution in [1.82, 2.24) is 20.0 Å². The molecule has 8 nitrogen and oxygen atoms in total. The van der Waals surface area contributed by atoms with Crippen LogP contribution >= 0.6 is 0 Å². The number of carbonyl (C=O) groups excluding carboxylic acids is 2. The van der Waals surface area contributed by atoms with E-state index in [1.807, 2.05) is 4.90 Å². The molecule has 0 aromatic rings. The van der Waals surface area contributed by atoms with E-state index in [0.29, 0.717) is 37.3 Å². The molecule has 0 saturated carbocycles. The fraction of sp³-hybridized carbons (Fsp3) is 0.862. The van der Waals surface area contributed by atoms with Crippen LogP contribution in [0.4, 0.5) is 0 Å². The van der Waals surface area contributed by atoms with Gasteiger partial charge in [0.1, 0.15) is 11.8 Å². The molecule has 3 fully saturated rings. The second kappa shape index (κ2) is 12.2. The minimum Gasteiger partial charge on any atom is -0.349 e. The molecular weight excluding hydrogens is 468 g/mol. The van der Waals surface area contributed by atoms with Gasteiger partial charge in [-0.25, -0.2) is 0 Å². The van der Waals surface area contributed by atoms with Gasteiger partial charge in [-0.1, -0.05) is 39.8 Å². The van der Waals surface area contributed by atoms with E-state index in [9.17, 15) is 9.59 Å². The number of rotatable bonds is 10. The van der Waals surface area contributed by atoms with Crippen LogP contribution in [0.1, 0.15) is 60.3 Å². The average molecular weight is 519 g/mol. The Morgan fingerprint density at radius 1 is 1.14 bits per heavy atom. The summed E-state index contributed by atoms with van der Waals surface area (Å²) in [6.07, 6.45) is 8.56. The largest absolute Gasteiger partial charge is 0.349 e. The molecule has 4 heterocycles. The molecule has 0 aromatic carbocycles. The first kappa shape index (κ1) is 28.7. The molecule has 210 valence electrons. The number of ether oxygens (including phenoxy) is 2. The summed E-state index contributed by atoms with van der Waals surface area (Å²) >= 11 is 0. The van der Waals surface area contributed by atoms with Gasteiger partial charge in [0.15, 0.2) is 5.79 Å². The van der Waals surface area contributed by atoms with Crippen LogP contribution in [0.15, 0.2) is 12.2 Å². The lowest BCUT2D eigenvalue weighted by Gasteiger charge is -2.52. The Morgan fingerprint density at radius 3 is 2.43 bits per heavy atom. The molecular formula is C29H50N4O4. The smallest absolute Gasteiger partial charge is 0.240 e. The summed E-state index contributed by atoms with van der Waals surface area (Å²) in [7, 11) is 0. The monoisotopic (exact) mass is 518 g/mol. The Kier molecular flexibility index (Phi) is 9.49. The quantitative estimate of drug-likeness (QED) is 0.352. The van der Waals surface area contributed by atoms with Crippen molar-refractivity contribution in [3.8, 4) is 0 Å². The number of aldehydes is 1. The minimum atomic E-state index is -0.815. The van der Waals surface area contributed by atoms with Crippen LogP contribution in [0.25, 0.3) is 0 Å². The van der Waals surface area contributed by atoms with Crippen molar-refractivity contribution in [3.05, 3.63) is 12.2 Å². The molecule has 0 aromatic heterocycles. The molecule has 3 saturated heterocycles. The summed E-state index contributed by atoms with van der Waals surface area (Å²) in [5, 5.41) is 3.40. The van der Waals surface area contributed by atoms with E-state index < -0.39 is 11.3 Å². The van der Waals surface area contributed by atoms with E-state index in [1.165, 1.54) is 0 Å². The van der Waals surface area contributed by atoms with Crippen LogP contribution in [0.3, 0.4) is 0 Å². The van der Waals surface area contributed by atoms with E-state index in [-0.39, 0.29) is 18.0 Å². The van der Waals surface area contributed by atoms with Crippen molar-refractivity contribution < 1.29 is 19.1 Å². The van der Waals surface area contributed by atoms with Gasteiger partial charge in [-0.3, -0.25) is 14.6 Å². The van der Waals surface area contributed by atoms with Crippen molar-refractivity contribution in [2.75, 3.05) is 59.0 Å². The van der Waals surface area contributed by atoms with Crippen LogP contribution in [-0.4, -0.2) is 109 Å². The zero-order chi connectivity index (χ0) is 26.6. The highest BCUT2D eigenvalue weighted by molar-refractivity contribution is 5.87. The van der Waals surface area contributed by atoms with Crippen LogP contribution in [-0.2, 0) is 19.1 Å². The minimum absolute atomic E-state index is 0.0759. The summed E-state index contributed by atoms with van der Waals surface area (Å²) < 4.78 is 12.8. The standard InChI is InChI=1S/C29H50N4O4/c1-22(2)14-26-27(35)33(13-9-30-26)28(21-34,15-23(3)4)20-32-12-8-29(16-24(32)5)36-18-25(19-37-29)17-31-10-6-7-11-31/h6-7,21-26,30H,8-20H2,1-5H3/t24-,25?,26-,28+,29?/m0/s1. The number of piperidine rings is 1. The molecule has 8 heteroatoms. The highest BCUT2D eigenvalue weighted by atomic mass is 16.7. The van der Waals surface area contributed by atoms with Gasteiger partial charge in [0, 0.05) is 70.6 Å². The van der Waals surface area contributed by atoms with E-state index in [2.05, 4.69) is 61.9 Å². The van der Waals surface area contributed by atoms with Crippen molar-refractivity contribution >= 4 is 12.2 Å². The second-order valence-electron chi connectivity index (χ2n) is 12.8. The molecule has 0 bridgehead atoms. The van der Waals surface area contributed by atoms with Gasteiger partial charge >= 0.3 is 0 Å². The molecule has 4 rings (SSSR count).